The fraction of sp³-hybridized carbons (Fsp3) is 0.545. The molecule has 7 heteroatoms. The first-order valence-electron chi connectivity index (χ1n) is 5.70. The summed E-state index contributed by atoms with van der Waals surface area (Å²) in [6, 6.07) is -0.136. The van der Waals surface area contributed by atoms with E-state index in [0.29, 0.717) is 19.6 Å². The number of urea groups is 1. The van der Waals surface area contributed by atoms with Gasteiger partial charge in [0.2, 0.25) is 0 Å². The largest absolute Gasteiger partial charge is 0.481 e. The van der Waals surface area contributed by atoms with E-state index in [1.807, 2.05) is 6.92 Å². The highest BCUT2D eigenvalue weighted by Crippen LogP contribution is 2.19. The van der Waals surface area contributed by atoms with Gasteiger partial charge in [0.05, 0.1) is 18.0 Å². The van der Waals surface area contributed by atoms with Crippen molar-refractivity contribution in [3.8, 4) is 0 Å². The minimum absolute atomic E-state index is 0.0962. The zero-order valence-electron chi connectivity index (χ0n) is 10.0. The van der Waals surface area contributed by atoms with Crippen molar-refractivity contribution in [2.75, 3.05) is 13.1 Å². The standard InChI is InChI=1S/C11H15N3O3S/c1-7-12-3-9(18-7)4-13-11(17)14-5-8(6-14)2-10(15)16/h3,8H,2,4-6H2,1H3,(H,13,17)(H,15,16). The number of thiazole rings is 1. The predicted octanol–water partition coefficient (Wildman–Crippen LogP) is 1.07. The smallest absolute Gasteiger partial charge is 0.317 e. The summed E-state index contributed by atoms with van der Waals surface area (Å²) < 4.78 is 0. The van der Waals surface area contributed by atoms with Gasteiger partial charge in [-0.3, -0.25) is 4.79 Å². The van der Waals surface area contributed by atoms with Crippen molar-refractivity contribution in [2.45, 2.75) is 19.9 Å². The van der Waals surface area contributed by atoms with Crippen LogP contribution >= 0.6 is 11.3 Å². The van der Waals surface area contributed by atoms with Crippen LogP contribution < -0.4 is 5.32 Å². The topological polar surface area (TPSA) is 82.5 Å². The van der Waals surface area contributed by atoms with Crippen molar-refractivity contribution in [3.63, 3.8) is 0 Å². The fourth-order valence-corrected chi connectivity index (χ4v) is 2.61. The van der Waals surface area contributed by atoms with Gasteiger partial charge in [0.15, 0.2) is 0 Å². The number of carboxylic acid groups (broad SMARTS) is 1. The lowest BCUT2D eigenvalue weighted by atomic mass is 9.97. The molecular formula is C11H15N3O3S. The Hall–Kier alpha value is -1.63. The van der Waals surface area contributed by atoms with Crippen LogP contribution in [-0.2, 0) is 11.3 Å². The molecule has 0 spiro atoms. The Balaban J connectivity index is 1.69. The lowest BCUT2D eigenvalue weighted by Crippen LogP contribution is -2.54. The number of amides is 2. The molecule has 2 rings (SSSR count). The molecule has 18 heavy (non-hydrogen) atoms. The normalized spacial score (nSPS) is 15.3. The summed E-state index contributed by atoms with van der Waals surface area (Å²) in [6.07, 6.45) is 1.89. The van der Waals surface area contributed by atoms with Gasteiger partial charge >= 0.3 is 12.0 Å². The zero-order valence-corrected chi connectivity index (χ0v) is 10.9. The highest BCUT2D eigenvalue weighted by Gasteiger charge is 2.31. The van der Waals surface area contributed by atoms with Gasteiger partial charge in [-0.05, 0) is 6.92 Å². The summed E-state index contributed by atoms with van der Waals surface area (Å²) in [4.78, 5) is 28.9. The van der Waals surface area contributed by atoms with Crippen LogP contribution in [0.1, 0.15) is 16.3 Å². The second kappa shape index (κ2) is 5.34. The molecule has 0 atom stereocenters. The maximum absolute atomic E-state index is 11.7. The summed E-state index contributed by atoms with van der Waals surface area (Å²) >= 11 is 1.55. The van der Waals surface area contributed by atoms with Gasteiger partial charge in [-0.25, -0.2) is 9.78 Å². The summed E-state index contributed by atoms with van der Waals surface area (Å²) in [5.41, 5.74) is 0. The molecule has 0 saturated carbocycles. The summed E-state index contributed by atoms with van der Waals surface area (Å²) in [5.74, 6) is -0.709. The van der Waals surface area contributed by atoms with Crippen LogP contribution in [0.4, 0.5) is 4.79 Å². The van der Waals surface area contributed by atoms with Crippen LogP contribution in [0, 0.1) is 12.8 Å². The highest BCUT2D eigenvalue weighted by molar-refractivity contribution is 7.11. The number of hydrogen-bond acceptors (Lipinski definition) is 4. The molecule has 1 aliphatic rings. The monoisotopic (exact) mass is 269 g/mol. The van der Waals surface area contributed by atoms with Gasteiger partial charge in [-0.1, -0.05) is 0 Å². The number of carbonyl (C=O) groups is 2. The van der Waals surface area contributed by atoms with Gasteiger partial charge < -0.3 is 15.3 Å². The second-order valence-corrected chi connectivity index (χ2v) is 5.69. The van der Waals surface area contributed by atoms with E-state index in [4.69, 9.17) is 5.11 Å². The number of aryl methyl sites for hydroxylation is 1. The summed E-state index contributed by atoms with van der Waals surface area (Å²) in [6.45, 7) is 3.45. The average molecular weight is 269 g/mol. The molecule has 1 aromatic rings. The van der Waals surface area contributed by atoms with Crippen LogP contribution in [0.2, 0.25) is 0 Å². The number of aromatic nitrogens is 1. The van der Waals surface area contributed by atoms with E-state index < -0.39 is 5.97 Å². The minimum atomic E-state index is -0.805. The molecular weight excluding hydrogens is 254 g/mol. The number of carboxylic acids is 1. The fourth-order valence-electron chi connectivity index (χ4n) is 1.87. The molecule has 0 aromatic carbocycles. The Kier molecular flexibility index (Phi) is 3.81. The Morgan fingerprint density at radius 2 is 2.33 bits per heavy atom. The summed E-state index contributed by atoms with van der Waals surface area (Å²) in [5, 5.41) is 12.4. The molecule has 0 unspecified atom stereocenters. The van der Waals surface area contributed by atoms with Crippen LogP contribution in [0.3, 0.4) is 0 Å². The quantitative estimate of drug-likeness (QED) is 0.856. The van der Waals surface area contributed by atoms with Crippen LogP contribution in [0.5, 0.6) is 0 Å². The van der Waals surface area contributed by atoms with E-state index in [-0.39, 0.29) is 18.4 Å². The third kappa shape index (κ3) is 3.19. The number of likely N-dealkylation sites (tertiary alicyclic amines) is 1. The van der Waals surface area contributed by atoms with E-state index >= 15 is 0 Å². The van der Waals surface area contributed by atoms with Crippen molar-refractivity contribution in [1.29, 1.82) is 0 Å². The Morgan fingerprint density at radius 1 is 1.61 bits per heavy atom. The van der Waals surface area contributed by atoms with E-state index in [1.54, 1.807) is 22.4 Å². The molecule has 0 aliphatic carbocycles. The predicted molar refractivity (Wildman–Crippen MR) is 66.4 cm³/mol. The second-order valence-electron chi connectivity index (χ2n) is 4.37. The molecule has 1 fully saturated rings. The van der Waals surface area contributed by atoms with Crippen LogP contribution in [-0.4, -0.2) is 40.1 Å². The molecule has 6 nitrogen and oxygen atoms in total. The first-order valence-corrected chi connectivity index (χ1v) is 6.52. The molecule has 0 radical (unpaired) electrons. The number of rotatable bonds is 4. The maximum atomic E-state index is 11.7. The number of carbonyl (C=O) groups excluding carboxylic acids is 1. The van der Waals surface area contributed by atoms with E-state index in [9.17, 15) is 9.59 Å². The summed E-state index contributed by atoms with van der Waals surface area (Å²) in [7, 11) is 0. The molecule has 98 valence electrons. The third-order valence-electron chi connectivity index (χ3n) is 2.79. The Morgan fingerprint density at radius 3 is 2.89 bits per heavy atom. The molecule has 0 bridgehead atoms. The minimum Gasteiger partial charge on any atom is -0.481 e. The van der Waals surface area contributed by atoms with Gasteiger partial charge in [0, 0.05) is 30.1 Å². The van der Waals surface area contributed by atoms with Crippen molar-refractivity contribution in [2.24, 2.45) is 5.92 Å². The van der Waals surface area contributed by atoms with E-state index in [2.05, 4.69) is 10.3 Å². The third-order valence-corrected chi connectivity index (χ3v) is 3.70. The van der Waals surface area contributed by atoms with Gasteiger partial charge in [-0.15, -0.1) is 11.3 Å². The zero-order chi connectivity index (χ0) is 13.1. The van der Waals surface area contributed by atoms with Crippen LogP contribution in [0.25, 0.3) is 0 Å². The first-order chi connectivity index (χ1) is 8.54. The molecule has 1 saturated heterocycles. The highest BCUT2D eigenvalue weighted by atomic mass is 32.1. The maximum Gasteiger partial charge on any atom is 0.317 e. The molecule has 2 N–H and O–H groups in total. The number of aliphatic carboxylic acids is 1. The number of hydrogen-bond donors (Lipinski definition) is 2. The van der Waals surface area contributed by atoms with Gasteiger partial charge in [-0.2, -0.15) is 0 Å². The SMILES string of the molecule is Cc1ncc(CNC(=O)N2CC(CC(=O)O)C2)s1. The van der Waals surface area contributed by atoms with Crippen molar-refractivity contribution in [1.82, 2.24) is 15.2 Å². The first kappa shape index (κ1) is 12.8. The van der Waals surface area contributed by atoms with Crippen molar-refractivity contribution >= 4 is 23.3 Å². The van der Waals surface area contributed by atoms with E-state index in [1.165, 1.54) is 0 Å². The van der Waals surface area contributed by atoms with Crippen molar-refractivity contribution < 1.29 is 14.7 Å². The lowest BCUT2D eigenvalue weighted by molar-refractivity contribution is -0.139. The van der Waals surface area contributed by atoms with Crippen molar-refractivity contribution in [3.05, 3.63) is 16.1 Å². The lowest BCUT2D eigenvalue weighted by Gasteiger charge is -2.38. The van der Waals surface area contributed by atoms with Gasteiger partial charge in [0.1, 0.15) is 0 Å². The van der Waals surface area contributed by atoms with E-state index in [0.717, 1.165) is 9.88 Å². The molecule has 1 aliphatic heterocycles. The number of nitrogens with one attached hydrogen (secondary N) is 1. The molecule has 2 heterocycles. The number of nitrogens with zero attached hydrogens (tertiary/aromatic N) is 2. The molecule has 2 amide bonds. The average Bonchev–Trinajstić information content (AvgIpc) is 2.65. The van der Waals surface area contributed by atoms with Crippen LogP contribution in [0.15, 0.2) is 6.20 Å². The Labute approximate surface area is 109 Å². The Bertz CT molecular complexity index is 454. The molecule has 1 aromatic heterocycles. The van der Waals surface area contributed by atoms with Gasteiger partial charge in [0.25, 0.3) is 0 Å².